The molecule has 138 valence electrons. The number of para-hydroxylation sites is 2. The van der Waals surface area contributed by atoms with Crippen molar-refractivity contribution in [1.82, 2.24) is 9.80 Å². The first-order valence-electron chi connectivity index (χ1n) is 8.69. The Labute approximate surface area is 152 Å². The summed E-state index contributed by atoms with van der Waals surface area (Å²) in [6.07, 6.45) is 1.50. The van der Waals surface area contributed by atoms with Gasteiger partial charge in [0, 0.05) is 26.2 Å². The number of benzene rings is 1. The van der Waals surface area contributed by atoms with E-state index in [-0.39, 0.29) is 18.0 Å². The van der Waals surface area contributed by atoms with Crippen LogP contribution in [0, 0.1) is 0 Å². The summed E-state index contributed by atoms with van der Waals surface area (Å²) >= 11 is 0. The molecule has 0 atom stereocenters. The van der Waals surface area contributed by atoms with E-state index in [1.54, 1.807) is 21.9 Å². The lowest BCUT2D eigenvalue weighted by molar-refractivity contribution is 0.0640. The fourth-order valence-corrected chi connectivity index (χ4v) is 2.79. The fourth-order valence-electron chi connectivity index (χ4n) is 2.79. The van der Waals surface area contributed by atoms with Crippen LogP contribution in [0.3, 0.4) is 0 Å². The van der Waals surface area contributed by atoms with Crippen molar-refractivity contribution in [3.63, 3.8) is 0 Å². The van der Waals surface area contributed by atoms with Gasteiger partial charge >= 0.3 is 6.03 Å². The fraction of sp³-hybridized carbons (Fsp3) is 0.368. The molecule has 7 nitrogen and oxygen atoms in total. The molecule has 1 aliphatic heterocycles. The Bertz CT molecular complexity index is 750. The second kappa shape index (κ2) is 7.95. The molecule has 7 heteroatoms. The van der Waals surface area contributed by atoms with E-state index < -0.39 is 0 Å². The van der Waals surface area contributed by atoms with E-state index in [4.69, 9.17) is 9.15 Å². The molecule has 0 radical (unpaired) electrons. The van der Waals surface area contributed by atoms with Gasteiger partial charge in [-0.25, -0.2) is 4.79 Å². The van der Waals surface area contributed by atoms with Crippen molar-refractivity contribution in [2.24, 2.45) is 0 Å². The number of hydrogen-bond donors (Lipinski definition) is 1. The topological polar surface area (TPSA) is 75.0 Å². The van der Waals surface area contributed by atoms with Crippen molar-refractivity contribution in [2.75, 3.05) is 31.5 Å². The first-order chi connectivity index (χ1) is 12.5. The SMILES string of the molecule is CC(C)Oc1ccccc1NC(=O)N1CCN(C(=O)c2ccco2)CC1. The van der Waals surface area contributed by atoms with Crippen LogP contribution < -0.4 is 10.1 Å². The number of hydrogen-bond acceptors (Lipinski definition) is 4. The lowest BCUT2D eigenvalue weighted by Gasteiger charge is -2.34. The molecule has 0 bridgehead atoms. The van der Waals surface area contributed by atoms with Crippen molar-refractivity contribution in [1.29, 1.82) is 0 Å². The number of ether oxygens (including phenoxy) is 1. The van der Waals surface area contributed by atoms with Crippen LogP contribution in [0.25, 0.3) is 0 Å². The number of nitrogens with zero attached hydrogens (tertiary/aromatic N) is 2. The van der Waals surface area contributed by atoms with Gasteiger partial charge in [0.1, 0.15) is 5.75 Å². The predicted molar refractivity (Wildman–Crippen MR) is 97.4 cm³/mol. The van der Waals surface area contributed by atoms with Crippen LogP contribution in [0.15, 0.2) is 47.1 Å². The number of rotatable bonds is 4. The molecule has 0 spiro atoms. The second-order valence-electron chi connectivity index (χ2n) is 6.35. The van der Waals surface area contributed by atoms with E-state index in [0.717, 1.165) is 0 Å². The number of piperazine rings is 1. The first-order valence-corrected chi connectivity index (χ1v) is 8.69. The van der Waals surface area contributed by atoms with E-state index in [9.17, 15) is 9.59 Å². The Hall–Kier alpha value is -2.96. The summed E-state index contributed by atoms with van der Waals surface area (Å²) in [5, 5.41) is 2.90. The molecular formula is C19H23N3O4. The summed E-state index contributed by atoms with van der Waals surface area (Å²) in [7, 11) is 0. The highest BCUT2D eigenvalue weighted by Gasteiger charge is 2.26. The second-order valence-corrected chi connectivity index (χ2v) is 6.35. The quantitative estimate of drug-likeness (QED) is 0.912. The highest BCUT2D eigenvalue weighted by atomic mass is 16.5. The molecule has 1 aromatic heterocycles. The zero-order valence-electron chi connectivity index (χ0n) is 15.0. The normalized spacial score (nSPS) is 14.4. The van der Waals surface area contributed by atoms with Gasteiger partial charge < -0.3 is 24.3 Å². The van der Waals surface area contributed by atoms with Gasteiger partial charge in [0.2, 0.25) is 0 Å². The number of nitrogens with one attached hydrogen (secondary N) is 1. The number of carbonyl (C=O) groups excluding carboxylic acids is 2. The number of furan rings is 1. The maximum atomic E-state index is 12.5. The summed E-state index contributed by atoms with van der Waals surface area (Å²) in [5.41, 5.74) is 0.639. The predicted octanol–water partition coefficient (Wildman–Crippen LogP) is 3.06. The van der Waals surface area contributed by atoms with Crippen LogP contribution in [0.1, 0.15) is 24.4 Å². The summed E-state index contributed by atoms with van der Waals surface area (Å²) in [6.45, 7) is 5.74. The third-order valence-corrected chi connectivity index (χ3v) is 4.08. The number of amides is 3. The Morgan fingerprint density at radius 2 is 1.73 bits per heavy atom. The van der Waals surface area contributed by atoms with Crippen LogP contribution in [-0.2, 0) is 0 Å². The first kappa shape index (κ1) is 17.8. The van der Waals surface area contributed by atoms with Gasteiger partial charge in [-0.2, -0.15) is 0 Å². The summed E-state index contributed by atoms with van der Waals surface area (Å²) in [6, 6.07) is 10.5. The summed E-state index contributed by atoms with van der Waals surface area (Å²) in [5.74, 6) is 0.816. The van der Waals surface area contributed by atoms with E-state index >= 15 is 0 Å². The smallest absolute Gasteiger partial charge is 0.322 e. The standard InChI is InChI=1S/C19H23N3O4/c1-14(2)26-16-7-4-3-6-15(16)20-19(24)22-11-9-21(10-12-22)18(23)17-8-5-13-25-17/h3-8,13-14H,9-12H2,1-2H3,(H,20,24). The van der Waals surface area contributed by atoms with Crippen LogP contribution in [0.2, 0.25) is 0 Å². The molecule has 0 unspecified atom stereocenters. The lowest BCUT2D eigenvalue weighted by atomic mass is 10.2. The molecule has 3 amide bonds. The molecule has 1 saturated heterocycles. The maximum absolute atomic E-state index is 12.5. The lowest BCUT2D eigenvalue weighted by Crippen LogP contribution is -2.51. The monoisotopic (exact) mass is 357 g/mol. The van der Waals surface area contributed by atoms with Crippen molar-refractivity contribution >= 4 is 17.6 Å². The molecule has 1 fully saturated rings. The third-order valence-electron chi connectivity index (χ3n) is 4.08. The summed E-state index contributed by atoms with van der Waals surface area (Å²) < 4.78 is 10.9. The van der Waals surface area contributed by atoms with Crippen molar-refractivity contribution in [3.8, 4) is 5.75 Å². The third kappa shape index (κ3) is 4.17. The largest absolute Gasteiger partial charge is 0.489 e. The van der Waals surface area contributed by atoms with E-state index in [0.29, 0.717) is 43.4 Å². The van der Waals surface area contributed by atoms with E-state index in [1.165, 1.54) is 6.26 Å². The molecular weight excluding hydrogens is 334 g/mol. The van der Waals surface area contributed by atoms with Crippen LogP contribution in [-0.4, -0.2) is 54.0 Å². The highest BCUT2D eigenvalue weighted by molar-refractivity contribution is 5.93. The summed E-state index contributed by atoms with van der Waals surface area (Å²) in [4.78, 5) is 28.2. The molecule has 1 aliphatic rings. The molecule has 3 rings (SSSR count). The minimum atomic E-state index is -0.199. The van der Waals surface area contributed by atoms with Crippen molar-refractivity contribution in [2.45, 2.75) is 20.0 Å². The zero-order chi connectivity index (χ0) is 18.5. The van der Waals surface area contributed by atoms with Crippen molar-refractivity contribution in [3.05, 3.63) is 48.4 Å². The minimum Gasteiger partial charge on any atom is -0.489 e. The van der Waals surface area contributed by atoms with Gasteiger partial charge in [-0.3, -0.25) is 4.79 Å². The molecule has 2 aromatic rings. The Morgan fingerprint density at radius 1 is 1.04 bits per heavy atom. The Morgan fingerprint density at radius 3 is 2.38 bits per heavy atom. The number of anilines is 1. The molecule has 0 saturated carbocycles. The van der Waals surface area contributed by atoms with Gasteiger partial charge in [-0.05, 0) is 38.1 Å². The van der Waals surface area contributed by atoms with Gasteiger partial charge in [0.05, 0.1) is 18.1 Å². The van der Waals surface area contributed by atoms with Crippen LogP contribution in [0.5, 0.6) is 5.75 Å². The average Bonchev–Trinajstić information content (AvgIpc) is 3.17. The van der Waals surface area contributed by atoms with Gasteiger partial charge in [0.15, 0.2) is 5.76 Å². The van der Waals surface area contributed by atoms with Crippen LogP contribution in [0.4, 0.5) is 10.5 Å². The van der Waals surface area contributed by atoms with E-state index in [1.807, 2.05) is 38.1 Å². The number of carbonyl (C=O) groups is 2. The van der Waals surface area contributed by atoms with Crippen LogP contribution >= 0.6 is 0 Å². The van der Waals surface area contributed by atoms with E-state index in [2.05, 4.69) is 5.32 Å². The zero-order valence-corrected chi connectivity index (χ0v) is 15.0. The molecule has 2 heterocycles. The minimum absolute atomic E-state index is 0.0178. The van der Waals surface area contributed by atoms with Crippen molar-refractivity contribution < 1.29 is 18.7 Å². The molecule has 0 aliphatic carbocycles. The molecule has 1 aromatic carbocycles. The van der Waals surface area contributed by atoms with Gasteiger partial charge in [-0.15, -0.1) is 0 Å². The Balaban J connectivity index is 1.57. The molecule has 26 heavy (non-hydrogen) atoms. The maximum Gasteiger partial charge on any atom is 0.322 e. The Kier molecular flexibility index (Phi) is 5.46. The molecule has 1 N–H and O–H groups in total. The highest BCUT2D eigenvalue weighted by Crippen LogP contribution is 2.25. The average molecular weight is 357 g/mol. The van der Waals surface area contributed by atoms with Gasteiger partial charge in [-0.1, -0.05) is 12.1 Å². The number of urea groups is 1. The van der Waals surface area contributed by atoms with Gasteiger partial charge in [0.25, 0.3) is 5.91 Å².